The third kappa shape index (κ3) is 6.25. The van der Waals surface area contributed by atoms with E-state index in [0.717, 1.165) is 28.8 Å². The number of aromatic carboxylic acids is 1. The van der Waals surface area contributed by atoms with Crippen LogP contribution in [0.3, 0.4) is 0 Å². The largest absolute Gasteiger partial charge is 0.478 e. The molecule has 41 heavy (non-hydrogen) atoms. The van der Waals surface area contributed by atoms with E-state index in [0.29, 0.717) is 28.5 Å². The zero-order valence-corrected chi connectivity index (χ0v) is 22.1. The minimum absolute atomic E-state index is 0.0428. The number of carboxylic acids is 1. The van der Waals surface area contributed by atoms with Gasteiger partial charge in [-0.05, 0) is 60.9 Å². The molecule has 8 nitrogen and oxygen atoms in total. The van der Waals surface area contributed by atoms with Gasteiger partial charge in [-0.15, -0.1) is 0 Å². The molecule has 206 valence electrons. The number of nitrogens with zero attached hydrogens (tertiary/aromatic N) is 1. The Bertz CT molecular complexity index is 1680. The summed E-state index contributed by atoms with van der Waals surface area (Å²) in [6, 6.07) is 27.3. The van der Waals surface area contributed by atoms with Gasteiger partial charge in [-0.3, -0.25) is 5.32 Å². The molecule has 1 aromatic heterocycles. The Labute approximate surface area is 235 Å². The fourth-order valence-corrected chi connectivity index (χ4v) is 4.21. The van der Waals surface area contributed by atoms with E-state index in [-0.39, 0.29) is 11.3 Å². The van der Waals surface area contributed by atoms with Crippen LogP contribution in [-0.2, 0) is 4.74 Å². The third-order valence-corrected chi connectivity index (χ3v) is 6.38. The van der Waals surface area contributed by atoms with Gasteiger partial charge in [0.1, 0.15) is 40.4 Å². The summed E-state index contributed by atoms with van der Waals surface area (Å²) in [7, 11) is 0. The lowest BCUT2D eigenvalue weighted by Crippen LogP contribution is -2.16. The summed E-state index contributed by atoms with van der Waals surface area (Å²) < 4.78 is 30.2. The highest BCUT2D eigenvalue weighted by molar-refractivity contribution is 5.91. The molecule has 1 atom stereocenters. The lowest BCUT2D eigenvalue weighted by atomic mass is 10.0. The second-order valence-corrected chi connectivity index (χ2v) is 9.20. The summed E-state index contributed by atoms with van der Waals surface area (Å²) in [5.74, 6) is -1.10. The molecule has 0 saturated heterocycles. The molecule has 1 heterocycles. The highest BCUT2D eigenvalue weighted by atomic mass is 19.1. The first-order valence-corrected chi connectivity index (χ1v) is 12.7. The molecule has 0 unspecified atom stereocenters. The average molecular weight is 553 g/mol. The van der Waals surface area contributed by atoms with Crippen molar-refractivity contribution in [1.29, 1.82) is 0 Å². The fraction of sp³-hybridized carbons (Fsp3) is 0.0938. The second-order valence-electron chi connectivity index (χ2n) is 9.20. The van der Waals surface area contributed by atoms with E-state index in [2.05, 4.69) is 10.5 Å². The predicted octanol–water partition coefficient (Wildman–Crippen LogP) is 8.26. The molecule has 0 aliphatic heterocycles. The molecule has 4 aromatic carbocycles. The predicted molar refractivity (Wildman–Crippen MR) is 151 cm³/mol. The number of amides is 1. The molecular weight excluding hydrogens is 527 g/mol. The molecule has 0 saturated carbocycles. The Morgan fingerprint density at radius 2 is 1.54 bits per heavy atom. The van der Waals surface area contributed by atoms with Gasteiger partial charge < -0.3 is 19.1 Å². The van der Waals surface area contributed by atoms with Gasteiger partial charge in [0, 0.05) is 5.56 Å². The molecular formula is C32H25FN2O6. The first-order chi connectivity index (χ1) is 19.8. The van der Waals surface area contributed by atoms with E-state index < -0.39 is 24.0 Å². The Hall–Kier alpha value is -5.44. The van der Waals surface area contributed by atoms with Crippen molar-refractivity contribution in [2.45, 2.75) is 20.0 Å². The molecule has 9 heteroatoms. The van der Waals surface area contributed by atoms with Gasteiger partial charge in [0.2, 0.25) is 0 Å². The molecule has 0 aliphatic rings. The number of carboxylic acid groups (broad SMARTS) is 1. The van der Waals surface area contributed by atoms with Crippen molar-refractivity contribution in [3.63, 3.8) is 0 Å². The zero-order chi connectivity index (χ0) is 28.9. The SMILES string of the molecule is Cc1noc(-c2ccc(-c3ccc(Oc4ccc(F)cc4C(=O)O)cc3)cc2)c1NC(=O)O[C@H](C)c1ccccc1. The quantitative estimate of drug-likeness (QED) is 0.199. The Morgan fingerprint density at radius 3 is 2.20 bits per heavy atom. The van der Waals surface area contributed by atoms with Gasteiger partial charge in [0.15, 0.2) is 5.76 Å². The molecule has 0 bridgehead atoms. The summed E-state index contributed by atoms with van der Waals surface area (Å²) in [5.41, 5.74) is 4.03. The van der Waals surface area contributed by atoms with Crippen LogP contribution >= 0.6 is 0 Å². The number of anilines is 1. The van der Waals surface area contributed by atoms with Crippen molar-refractivity contribution in [3.05, 3.63) is 120 Å². The normalized spacial score (nSPS) is 11.5. The van der Waals surface area contributed by atoms with E-state index in [1.165, 1.54) is 6.07 Å². The maximum atomic E-state index is 13.5. The van der Waals surface area contributed by atoms with Crippen LogP contribution in [-0.4, -0.2) is 22.3 Å². The molecule has 0 fully saturated rings. The minimum atomic E-state index is -1.28. The van der Waals surface area contributed by atoms with Crippen LogP contribution in [0.4, 0.5) is 14.9 Å². The number of aryl methyl sites for hydroxylation is 1. The topological polar surface area (TPSA) is 111 Å². The van der Waals surface area contributed by atoms with E-state index >= 15 is 0 Å². The number of rotatable bonds is 8. The number of nitrogens with one attached hydrogen (secondary N) is 1. The smallest absolute Gasteiger partial charge is 0.412 e. The van der Waals surface area contributed by atoms with Crippen LogP contribution in [0.25, 0.3) is 22.5 Å². The van der Waals surface area contributed by atoms with Crippen molar-refractivity contribution in [2.24, 2.45) is 0 Å². The first kappa shape index (κ1) is 27.1. The maximum absolute atomic E-state index is 13.5. The van der Waals surface area contributed by atoms with Crippen LogP contribution in [0.15, 0.2) is 102 Å². The van der Waals surface area contributed by atoms with Crippen LogP contribution in [0.2, 0.25) is 0 Å². The summed E-state index contributed by atoms with van der Waals surface area (Å²) in [5, 5.41) is 16.1. The molecule has 0 aliphatic carbocycles. The Balaban J connectivity index is 1.28. The van der Waals surface area contributed by atoms with Gasteiger partial charge >= 0.3 is 12.1 Å². The van der Waals surface area contributed by atoms with Crippen molar-refractivity contribution >= 4 is 17.7 Å². The van der Waals surface area contributed by atoms with E-state index in [1.54, 1.807) is 26.0 Å². The number of carbonyl (C=O) groups is 2. The maximum Gasteiger partial charge on any atom is 0.412 e. The van der Waals surface area contributed by atoms with Crippen LogP contribution in [0.1, 0.15) is 34.6 Å². The van der Waals surface area contributed by atoms with E-state index in [9.17, 15) is 19.1 Å². The lowest BCUT2D eigenvalue weighted by Gasteiger charge is -2.14. The monoisotopic (exact) mass is 552 g/mol. The number of benzene rings is 4. The zero-order valence-electron chi connectivity index (χ0n) is 22.1. The van der Waals surface area contributed by atoms with Gasteiger partial charge in [-0.2, -0.15) is 0 Å². The standard InChI is InChI=1S/C32H25FN2O6/c1-19-29(34-32(38)39-20(2)21-6-4-3-5-7-21)30(41-35-19)24-10-8-22(9-11-24)23-12-15-26(16-13-23)40-28-17-14-25(33)18-27(28)31(36)37/h3-18,20H,1-2H3,(H,34,38)(H,36,37)/t20-/m1/s1. The summed E-state index contributed by atoms with van der Waals surface area (Å²) >= 11 is 0. The van der Waals surface area contributed by atoms with E-state index in [4.69, 9.17) is 14.0 Å². The number of carbonyl (C=O) groups excluding carboxylic acids is 1. The molecule has 2 N–H and O–H groups in total. The van der Waals surface area contributed by atoms with E-state index in [1.807, 2.05) is 66.7 Å². The molecule has 1 amide bonds. The minimum Gasteiger partial charge on any atom is -0.478 e. The number of ether oxygens (including phenoxy) is 2. The Morgan fingerprint density at radius 1 is 0.902 bits per heavy atom. The molecule has 5 rings (SSSR count). The number of aromatic nitrogens is 1. The number of hydrogen-bond donors (Lipinski definition) is 2. The number of halogens is 1. The van der Waals surface area contributed by atoms with Crippen LogP contribution in [0, 0.1) is 12.7 Å². The van der Waals surface area contributed by atoms with Gasteiger partial charge in [-0.1, -0.05) is 71.9 Å². The number of hydrogen-bond acceptors (Lipinski definition) is 6. The Kier molecular flexibility index (Phi) is 7.78. The highest BCUT2D eigenvalue weighted by Crippen LogP contribution is 2.34. The van der Waals surface area contributed by atoms with Gasteiger partial charge in [0.25, 0.3) is 0 Å². The fourth-order valence-electron chi connectivity index (χ4n) is 4.21. The third-order valence-electron chi connectivity index (χ3n) is 6.38. The van der Waals surface area contributed by atoms with Crippen molar-refractivity contribution in [3.8, 4) is 33.9 Å². The average Bonchev–Trinajstić information content (AvgIpc) is 3.34. The summed E-state index contributed by atoms with van der Waals surface area (Å²) in [6.45, 7) is 3.52. The van der Waals surface area contributed by atoms with Crippen LogP contribution in [0.5, 0.6) is 11.5 Å². The molecule has 0 spiro atoms. The van der Waals surface area contributed by atoms with Gasteiger partial charge in [-0.25, -0.2) is 14.0 Å². The van der Waals surface area contributed by atoms with Crippen LogP contribution < -0.4 is 10.1 Å². The highest BCUT2D eigenvalue weighted by Gasteiger charge is 2.20. The summed E-state index contributed by atoms with van der Waals surface area (Å²) in [4.78, 5) is 24.0. The molecule has 0 radical (unpaired) electrons. The van der Waals surface area contributed by atoms with Crippen molar-refractivity contribution < 1.29 is 33.1 Å². The van der Waals surface area contributed by atoms with Gasteiger partial charge in [0.05, 0.1) is 0 Å². The second kappa shape index (κ2) is 11.7. The van der Waals surface area contributed by atoms with Crippen molar-refractivity contribution in [2.75, 3.05) is 5.32 Å². The van der Waals surface area contributed by atoms with Crippen molar-refractivity contribution in [1.82, 2.24) is 5.16 Å². The summed E-state index contributed by atoms with van der Waals surface area (Å²) in [6.07, 6.45) is -1.06. The lowest BCUT2D eigenvalue weighted by molar-refractivity contribution is 0.0693. The first-order valence-electron chi connectivity index (χ1n) is 12.7. The molecule has 5 aromatic rings.